The van der Waals surface area contributed by atoms with E-state index in [1.807, 2.05) is 13.1 Å². The van der Waals surface area contributed by atoms with E-state index in [4.69, 9.17) is 16.3 Å². The van der Waals surface area contributed by atoms with Gasteiger partial charge in [0.25, 0.3) is 0 Å². The second-order valence-electron chi connectivity index (χ2n) is 4.19. The molecule has 0 aromatic carbocycles. The fraction of sp³-hybridized carbons (Fsp3) is 0.667. The van der Waals surface area contributed by atoms with Crippen LogP contribution in [0.2, 0.25) is 4.34 Å². The Bertz CT molecular complexity index is 303. The van der Waals surface area contributed by atoms with Crippen molar-refractivity contribution in [3.63, 3.8) is 0 Å². The predicted octanol–water partition coefficient (Wildman–Crippen LogP) is 3.20. The zero-order valence-electron chi connectivity index (χ0n) is 10.1. The van der Waals surface area contributed by atoms with Crippen molar-refractivity contribution in [3.05, 3.63) is 21.3 Å². The minimum absolute atomic E-state index is 0.500. The van der Waals surface area contributed by atoms with Gasteiger partial charge in [-0.2, -0.15) is 0 Å². The highest BCUT2D eigenvalue weighted by Crippen LogP contribution is 2.23. The molecule has 2 unspecified atom stereocenters. The van der Waals surface area contributed by atoms with Crippen molar-refractivity contribution in [2.24, 2.45) is 5.92 Å². The molecule has 0 spiro atoms. The summed E-state index contributed by atoms with van der Waals surface area (Å²) < 4.78 is 6.03. The Hall–Kier alpha value is -0.0900. The number of hydrogen-bond donors (Lipinski definition) is 1. The van der Waals surface area contributed by atoms with Crippen LogP contribution in [0.3, 0.4) is 0 Å². The van der Waals surface area contributed by atoms with Gasteiger partial charge in [-0.15, -0.1) is 11.3 Å². The van der Waals surface area contributed by atoms with E-state index in [9.17, 15) is 0 Å². The number of methoxy groups -OCH3 is 1. The first kappa shape index (κ1) is 14.0. The summed E-state index contributed by atoms with van der Waals surface area (Å²) in [7, 11) is 3.77. The van der Waals surface area contributed by atoms with Crippen molar-refractivity contribution in [3.8, 4) is 0 Å². The topological polar surface area (TPSA) is 21.3 Å². The normalized spacial score (nSPS) is 15.0. The van der Waals surface area contributed by atoms with E-state index in [-0.39, 0.29) is 0 Å². The van der Waals surface area contributed by atoms with E-state index in [2.05, 4.69) is 18.3 Å². The Labute approximate surface area is 107 Å². The van der Waals surface area contributed by atoms with E-state index < -0.39 is 0 Å². The molecule has 1 N–H and O–H groups in total. The molecule has 2 atom stereocenters. The minimum Gasteiger partial charge on any atom is -0.384 e. The molecule has 2 nitrogen and oxygen atoms in total. The molecule has 0 amide bonds. The number of rotatable bonds is 7. The molecule has 1 aromatic heterocycles. The lowest BCUT2D eigenvalue weighted by Gasteiger charge is -2.19. The van der Waals surface area contributed by atoms with E-state index in [0.717, 1.165) is 23.8 Å². The Morgan fingerprint density at radius 1 is 1.50 bits per heavy atom. The zero-order chi connectivity index (χ0) is 12.0. The second-order valence-corrected chi connectivity index (χ2v) is 5.99. The smallest absolute Gasteiger partial charge is 0.0931 e. The van der Waals surface area contributed by atoms with Crippen LogP contribution in [0.5, 0.6) is 0 Å². The van der Waals surface area contributed by atoms with Gasteiger partial charge in [-0.25, -0.2) is 0 Å². The van der Waals surface area contributed by atoms with Gasteiger partial charge in [0, 0.05) is 24.6 Å². The molecule has 0 bridgehead atoms. The molecule has 92 valence electrons. The molecule has 0 radical (unpaired) electrons. The molecule has 1 heterocycles. The minimum atomic E-state index is 0.500. The summed E-state index contributed by atoms with van der Waals surface area (Å²) in [5.74, 6) is 0.581. The number of nitrogens with one attached hydrogen (secondary N) is 1. The van der Waals surface area contributed by atoms with E-state index >= 15 is 0 Å². The maximum absolute atomic E-state index is 5.92. The fourth-order valence-electron chi connectivity index (χ4n) is 1.85. The molecule has 4 heteroatoms. The highest BCUT2D eigenvalue weighted by Gasteiger charge is 2.13. The summed E-state index contributed by atoms with van der Waals surface area (Å²) in [5, 5.41) is 3.36. The highest BCUT2D eigenvalue weighted by atomic mass is 35.5. The average molecular weight is 262 g/mol. The van der Waals surface area contributed by atoms with Crippen molar-refractivity contribution in [2.45, 2.75) is 25.8 Å². The number of likely N-dealkylation sites (N-methyl/N-ethyl adjacent to an activating group) is 1. The molecule has 0 aliphatic heterocycles. The number of ether oxygens (including phenoxy) is 1. The molecule has 0 saturated heterocycles. The molecule has 1 rings (SSSR count). The van der Waals surface area contributed by atoms with Gasteiger partial charge in [0.2, 0.25) is 0 Å². The number of thiophene rings is 1. The van der Waals surface area contributed by atoms with Gasteiger partial charge in [0.15, 0.2) is 0 Å². The van der Waals surface area contributed by atoms with Crippen molar-refractivity contribution in [2.75, 3.05) is 20.8 Å². The van der Waals surface area contributed by atoms with Crippen molar-refractivity contribution < 1.29 is 4.74 Å². The molecule has 1 aromatic rings. The molecule has 0 aliphatic rings. The van der Waals surface area contributed by atoms with Crippen LogP contribution in [0.4, 0.5) is 0 Å². The summed E-state index contributed by atoms with van der Waals surface area (Å²) in [6.07, 6.45) is 2.17. The summed E-state index contributed by atoms with van der Waals surface area (Å²) in [4.78, 5) is 1.34. The molecular formula is C12H20ClNOS. The lowest BCUT2D eigenvalue weighted by atomic mass is 10.00. The van der Waals surface area contributed by atoms with Gasteiger partial charge in [0.1, 0.15) is 0 Å². The SMILES string of the molecule is CNC(Cc1ccc(Cl)s1)CC(C)COC. The van der Waals surface area contributed by atoms with Gasteiger partial charge in [-0.05, 0) is 37.9 Å². The molecule has 16 heavy (non-hydrogen) atoms. The quantitative estimate of drug-likeness (QED) is 0.814. The van der Waals surface area contributed by atoms with Crippen molar-refractivity contribution >= 4 is 22.9 Å². The number of hydrogen-bond acceptors (Lipinski definition) is 3. The Kier molecular flexibility index (Phi) is 6.36. The third kappa shape index (κ3) is 4.83. The lowest BCUT2D eigenvalue weighted by Crippen LogP contribution is -2.30. The van der Waals surface area contributed by atoms with Crippen LogP contribution >= 0.6 is 22.9 Å². The Balaban J connectivity index is 2.42. The van der Waals surface area contributed by atoms with Crippen LogP contribution < -0.4 is 5.32 Å². The second kappa shape index (κ2) is 7.28. The lowest BCUT2D eigenvalue weighted by molar-refractivity contribution is 0.150. The largest absolute Gasteiger partial charge is 0.384 e. The molecule has 0 fully saturated rings. The zero-order valence-corrected chi connectivity index (χ0v) is 11.7. The van der Waals surface area contributed by atoms with Crippen molar-refractivity contribution in [1.82, 2.24) is 5.32 Å². The first-order valence-corrected chi connectivity index (χ1v) is 6.75. The van der Waals surface area contributed by atoms with Crippen LogP contribution in [-0.4, -0.2) is 26.8 Å². The van der Waals surface area contributed by atoms with Crippen LogP contribution in [0, 0.1) is 5.92 Å². The van der Waals surface area contributed by atoms with Gasteiger partial charge < -0.3 is 10.1 Å². The summed E-state index contributed by atoms with van der Waals surface area (Å²) in [6.45, 7) is 3.04. The third-order valence-corrected chi connectivity index (χ3v) is 3.88. The van der Waals surface area contributed by atoms with Gasteiger partial charge in [-0.3, -0.25) is 0 Å². The summed E-state index contributed by atoms with van der Waals surface area (Å²) >= 11 is 7.59. The van der Waals surface area contributed by atoms with E-state index in [0.29, 0.717) is 12.0 Å². The number of halogens is 1. The molecule has 0 aliphatic carbocycles. The predicted molar refractivity (Wildman–Crippen MR) is 71.5 cm³/mol. The maximum atomic E-state index is 5.92. The van der Waals surface area contributed by atoms with Gasteiger partial charge in [0.05, 0.1) is 4.34 Å². The average Bonchev–Trinajstić information content (AvgIpc) is 2.63. The maximum Gasteiger partial charge on any atom is 0.0931 e. The summed E-state index contributed by atoms with van der Waals surface area (Å²) in [5.41, 5.74) is 0. The summed E-state index contributed by atoms with van der Waals surface area (Å²) in [6, 6.07) is 4.57. The van der Waals surface area contributed by atoms with Crippen LogP contribution in [0.1, 0.15) is 18.2 Å². The van der Waals surface area contributed by atoms with Crippen LogP contribution in [-0.2, 0) is 11.2 Å². The van der Waals surface area contributed by atoms with E-state index in [1.54, 1.807) is 18.4 Å². The fourth-order valence-corrected chi connectivity index (χ4v) is 3.01. The van der Waals surface area contributed by atoms with Crippen LogP contribution in [0.25, 0.3) is 0 Å². The third-order valence-electron chi connectivity index (χ3n) is 2.62. The van der Waals surface area contributed by atoms with Gasteiger partial charge in [-0.1, -0.05) is 18.5 Å². The van der Waals surface area contributed by atoms with Crippen molar-refractivity contribution in [1.29, 1.82) is 0 Å². The monoisotopic (exact) mass is 261 g/mol. The Morgan fingerprint density at radius 2 is 2.25 bits per heavy atom. The van der Waals surface area contributed by atoms with Crippen LogP contribution in [0.15, 0.2) is 12.1 Å². The first-order valence-electron chi connectivity index (χ1n) is 5.56. The standard InChI is InChI=1S/C12H20ClNOS/c1-9(8-15-3)6-10(14-2)7-11-4-5-12(13)16-11/h4-5,9-10,14H,6-8H2,1-3H3. The van der Waals surface area contributed by atoms with Gasteiger partial charge >= 0.3 is 0 Å². The molecular weight excluding hydrogens is 242 g/mol. The highest BCUT2D eigenvalue weighted by molar-refractivity contribution is 7.16. The van der Waals surface area contributed by atoms with E-state index in [1.165, 1.54) is 4.88 Å². The Morgan fingerprint density at radius 3 is 2.75 bits per heavy atom. The molecule has 0 saturated carbocycles. The first-order chi connectivity index (χ1) is 7.65.